The Morgan fingerprint density at radius 3 is 2.00 bits per heavy atom. The topological polar surface area (TPSA) is 49.7 Å². The molecule has 0 rings (SSSR count). The summed E-state index contributed by atoms with van der Waals surface area (Å²) in [5.41, 5.74) is 0. The molecule has 0 bridgehead atoms. The average Bonchev–Trinajstić information content (AvgIpc) is 1.38. The first-order chi connectivity index (χ1) is 2.27. The van der Waals surface area contributed by atoms with Crippen molar-refractivity contribution in [2.75, 3.05) is 0 Å². The van der Waals surface area contributed by atoms with E-state index in [4.69, 9.17) is 8.69 Å². The van der Waals surface area contributed by atoms with Gasteiger partial charge in [-0.05, 0) is 0 Å². The van der Waals surface area contributed by atoms with E-state index in [9.17, 15) is 0 Å². The van der Waals surface area contributed by atoms with Gasteiger partial charge in [-0.25, -0.2) is 0 Å². The van der Waals surface area contributed by atoms with Crippen molar-refractivity contribution >= 4 is 29.1 Å². The Labute approximate surface area is 41.2 Å². The van der Waals surface area contributed by atoms with Gasteiger partial charge >= 0.3 is 41.0 Å². The van der Waals surface area contributed by atoms with Gasteiger partial charge in [0.05, 0.1) is 0 Å². The Hall–Kier alpha value is 0.960. The van der Waals surface area contributed by atoms with Gasteiger partial charge in [-0.1, -0.05) is 0 Å². The zero-order valence-electron chi connectivity index (χ0n) is 2.13. The fourth-order valence-corrected chi connectivity index (χ4v) is 0. The maximum absolute atomic E-state index is 7.91. The van der Waals surface area contributed by atoms with Gasteiger partial charge in [-0.3, -0.25) is 0 Å². The van der Waals surface area contributed by atoms with Crippen LogP contribution in [0.15, 0.2) is 0 Å². The van der Waals surface area contributed by atoms with E-state index >= 15 is 0 Å². The maximum atomic E-state index is 7.91. The van der Waals surface area contributed by atoms with E-state index in [0.29, 0.717) is 0 Å². The molecule has 0 aromatic rings. The van der Waals surface area contributed by atoms with Crippen LogP contribution in [0.4, 0.5) is 0 Å². The molecule has 2 N–H and O–H groups in total. The van der Waals surface area contributed by atoms with Crippen LogP contribution in [0.1, 0.15) is 0 Å². The molecule has 0 atom stereocenters. The van der Waals surface area contributed by atoms with Crippen LogP contribution in [-0.2, 0) is 3.22 Å². The Balaban J connectivity index is 2.54. The van der Waals surface area contributed by atoms with Crippen molar-refractivity contribution in [1.29, 1.82) is 0 Å². The molecule has 0 aliphatic carbocycles. The summed E-state index contributed by atoms with van der Waals surface area (Å²) in [7, 11) is 3.34. The first kappa shape index (κ1) is 5.96. The molecule has 0 aliphatic rings. The normalized spacial score (nSPS) is 11.4. The molecule has 0 aromatic heterocycles. The average molecular weight is 210 g/mol. The summed E-state index contributed by atoms with van der Waals surface area (Å²) in [6, 6.07) is 0. The molecule has 0 saturated carbocycles. The van der Waals surface area contributed by atoms with Gasteiger partial charge in [-0.2, -0.15) is 0 Å². The number of halogens is 1. The van der Waals surface area contributed by atoms with Crippen molar-refractivity contribution in [2.24, 2.45) is 0 Å². The van der Waals surface area contributed by atoms with Gasteiger partial charge in [-0.15, -0.1) is 0 Å². The van der Waals surface area contributed by atoms with Crippen LogP contribution in [0.5, 0.6) is 0 Å². The summed E-state index contributed by atoms with van der Waals surface area (Å²) in [6.45, 7) is 0. The van der Waals surface area contributed by atoms with Gasteiger partial charge in [0.15, 0.2) is 0 Å². The predicted molar refractivity (Wildman–Crippen MR) is 28.9 cm³/mol. The third-order valence-electron chi connectivity index (χ3n) is 0.0617. The SMILES string of the molecule is OOI(O)S. The van der Waals surface area contributed by atoms with E-state index in [2.05, 4.69) is 13.0 Å². The van der Waals surface area contributed by atoms with Crippen LogP contribution >= 0.6 is 29.1 Å². The van der Waals surface area contributed by atoms with Crippen LogP contribution in [-0.4, -0.2) is 8.69 Å². The third kappa shape index (κ3) is 4.96. The Morgan fingerprint density at radius 1 is 1.80 bits per heavy atom. The summed E-state index contributed by atoms with van der Waals surface area (Å²) < 4.78 is 11.2. The fourth-order valence-electron chi connectivity index (χ4n) is 0. The van der Waals surface area contributed by atoms with Gasteiger partial charge in [0.2, 0.25) is 0 Å². The van der Waals surface area contributed by atoms with Crippen LogP contribution in [0.3, 0.4) is 0 Å². The zero-order valence-corrected chi connectivity index (χ0v) is 5.18. The van der Waals surface area contributed by atoms with E-state index in [0.717, 1.165) is 0 Å². The molecule has 0 fully saturated rings. The first-order valence-corrected chi connectivity index (χ1v) is 5.75. The molecule has 5 heavy (non-hydrogen) atoms. The molecule has 0 heterocycles. The van der Waals surface area contributed by atoms with Crippen molar-refractivity contribution in [2.45, 2.75) is 0 Å². The molecule has 5 heteroatoms. The van der Waals surface area contributed by atoms with Crippen molar-refractivity contribution in [3.05, 3.63) is 0 Å². The molecule has 0 unspecified atom stereocenters. The molecule has 34 valence electrons. The summed E-state index contributed by atoms with van der Waals surface area (Å²) in [6.07, 6.45) is 0. The van der Waals surface area contributed by atoms with Gasteiger partial charge in [0, 0.05) is 0 Å². The Morgan fingerprint density at radius 2 is 2.00 bits per heavy atom. The minimum absolute atomic E-state index is 2.53. The van der Waals surface area contributed by atoms with E-state index < -0.39 is 19.3 Å². The van der Waals surface area contributed by atoms with E-state index in [-0.39, 0.29) is 0 Å². The molecule has 0 amide bonds. The van der Waals surface area contributed by atoms with Crippen LogP contribution in [0.2, 0.25) is 0 Å². The standard InChI is InChI=1S/H3IO3S/c2-1(5)4-3/h2-3,5H. The Kier molecular flexibility index (Phi) is 3.77. The van der Waals surface area contributed by atoms with Crippen molar-refractivity contribution in [3.8, 4) is 0 Å². The molecule has 0 spiro atoms. The van der Waals surface area contributed by atoms with E-state index in [1.807, 2.05) is 0 Å². The van der Waals surface area contributed by atoms with Gasteiger partial charge < -0.3 is 0 Å². The van der Waals surface area contributed by atoms with Crippen LogP contribution in [0, 0.1) is 0 Å². The first-order valence-electron chi connectivity index (χ1n) is 0.675. The third-order valence-corrected chi connectivity index (χ3v) is 0.828. The number of hydrogen-bond acceptors (Lipinski definition) is 4. The second-order valence-electron chi connectivity index (χ2n) is 0.283. The fraction of sp³-hybridized carbons (Fsp3) is 0. The Bertz CT molecular complexity index is 20.9. The quantitative estimate of drug-likeness (QED) is 0.258. The summed E-state index contributed by atoms with van der Waals surface area (Å²) >= 11 is -2.53. The van der Waals surface area contributed by atoms with Crippen molar-refractivity contribution in [1.82, 2.24) is 0 Å². The van der Waals surface area contributed by atoms with Gasteiger partial charge in [0.25, 0.3) is 0 Å². The molecule has 3 nitrogen and oxygen atoms in total. The minimum atomic E-state index is -2.53. The number of rotatable bonds is 1. The van der Waals surface area contributed by atoms with Crippen LogP contribution < -0.4 is 0 Å². The van der Waals surface area contributed by atoms with E-state index in [1.54, 1.807) is 0 Å². The molecule has 0 saturated heterocycles. The number of hydrogen-bond donors (Lipinski definition) is 3. The second-order valence-corrected chi connectivity index (χ2v) is 3.84. The summed E-state index contributed by atoms with van der Waals surface area (Å²) in [4.78, 5) is 0. The summed E-state index contributed by atoms with van der Waals surface area (Å²) in [5, 5.41) is 7.39. The zero-order chi connectivity index (χ0) is 4.28. The molecule has 0 aromatic carbocycles. The molecule has 0 aliphatic heterocycles. The second kappa shape index (κ2) is 3.16. The number of thiol groups is 1. The van der Waals surface area contributed by atoms with Crippen molar-refractivity contribution < 1.29 is 11.9 Å². The molecular formula is H3IO3S. The van der Waals surface area contributed by atoms with Crippen LogP contribution in [0.25, 0.3) is 0 Å². The predicted octanol–water partition coefficient (Wildman–Crippen LogP) is 0.649. The summed E-state index contributed by atoms with van der Waals surface area (Å²) in [5.74, 6) is 0. The molecule has 0 radical (unpaired) electrons. The van der Waals surface area contributed by atoms with Crippen molar-refractivity contribution in [3.63, 3.8) is 0 Å². The monoisotopic (exact) mass is 210 g/mol. The van der Waals surface area contributed by atoms with E-state index in [1.165, 1.54) is 0 Å². The van der Waals surface area contributed by atoms with Gasteiger partial charge in [0.1, 0.15) is 0 Å². The molecular weight excluding hydrogens is 207 g/mol.